The number of amides is 1. The summed E-state index contributed by atoms with van der Waals surface area (Å²) >= 11 is 1.40. The predicted molar refractivity (Wildman–Crippen MR) is 77.7 cm³/mol. The maximum Gasteiger partial charge on any atom is 0.263 e. The lowest BCUT2D eigenvalue weighted by atomic mass is 10.1. The standard InChI is InChI=1S/C14H17N3O2S/c1-9(2)6-13-16-8-12(20-13)14(19)17-7-10-11(18)4-3-5-15-10/h3-5,8-9,18H,6-7H2,1-2H3,(H,17,19). The molecule has 0 aliphatic heterocycles. The first-order chi connectivity index (χ1) is 9.56. The van der Waals surface area contributed by atoms with Gasteiger partial charge in [-0.3, -0.25) is 9.78 Å². The molecule has 0 saturated carbocycles. The van der Waals surface area contributed by atoms with Crippen LogP contribution < -0.4 is 5.32 Å². The van der Waals surface area contributed by atoms with Crippen LogP contribution in [0.1, 0.15) is 34.2 Å². The van der Waals surface area contributed by atoms with Gasteiger partial charge in [0.15, 0.2) is 0 Å². The Kier molecular flexibility index (Phi) is 4.68. The zero-order valence-electron chi connectivity index (χ0n) is 11.5. The highest BCUT2D eigenvalue weighted by Crippen LogP contribution is 2.17. The minimum Gasteiger partial charge on any atom is -0.506 e. The van der Waals surface area contributed by atoms with Gasteiger partial charge in [0.05, 0.1) is 17.7 Å². The summed E-state index contributed by atoms with van der Waals surface area (Å²) in [5.41, 5.74) is 0.452. The van der Waals surface area contributed by atoms with E-state index in [1.165, 1.54) is 11.3 Å². The van der Waals surface area contributed by atoms with E-state index in [1.807, 2.05) is 0 Å². The Morgan fingerprint density at radius 1 is 1.45 bits per heavy atom. The van der Waals surface area contributed by atoms with Crippen molar-refractivity contribution in [1.29, 1.82) is 0 Å². The van der Waals surface area contributed by atoms with Crippen LogP contribution in [0.25, 0.3) is 0 Å². The predicted octanol–water partition coefficient (Wildman–Crippen LogP) is 2.37. The molecule has 5 nitrogen and oxygen atoms in total. The van der Waals surface area contributed by atoms with Crippen molar-refractivity contribution in [2.45, 2.75) is 26.8 Å². The number of nitrogens with zero attached hydrogens (tertiary/aromatic N) is 2. The van der Waals surface area contributed by atoms with Crippen molar-refractivity contribution in [2.24, 2.45) is 5.92 Å². The molecule has 20 heavy (non-hydrogen) atoms. The average Bonchev–Trinajstić information content (AvgIpc) is 2.85. The van der Waals surface area contributed by atoms with Gasteiger partial charge in [0.25, 0.3) is 5.91 Å². The maximum atomic E-state index is 12.0. The van der Waals surface area contributed by atoms with Crippen molar-refractivity contribution in [3.05, 3.63) is 40.1 Å². The monoisotopic (exact) mass is 291 g/mol. The van der Waals surface area contributed by atoms with Gasteiger partial charge < -0.3 is 10.4 Å². The van der Waals surface area contributed by atoms with Crippen molar-refractivity contribution in [3.8, 4) is 5.75 Å². The van der Waals surface area contributed by atoms with E-state index in [4.69, 9.17) is 0 Å². The summed E-state index contributed by atoms with van der Waals surface area (Å²) in [6.45, 7) is 4.43. The molecular weight excluding hydrogens is 274 g/mol. The average molecular weight is 291 g/mol. The number of hydrogen-bond acceptors (Lipinski definition) is 5. The van der Waals surface area contributed by atoms with E-state index in [9.17, 15) is 9.90 Å². The fraction of sp³-hybridized carbons (Fsp3) is 0.357. The molecule has 0 unspecified atom stereocenters. The first kappa shape index (κ1) is 14.5. The first-order valence-corrected chi connectivity index (χ1v) is 7.23. The number of carbonyl (C=O) groups is 1. The Balaban J connectivity index is 1.95. The third kappa shape index (κ3) is 3.77. The topological polar surface area (TPSA) is 75.1 Å². The normalized spacial score (nSPS) is 10.8. The van der Waals surface area contributed by atoms with Gasteiger partial charge in [-0.2, -0.15) is 0 Å². The lowest BCUT2D eigenvalue weighted by Gasteiger charge is -2.04. The number of carbonyl (C=O) groups excluding carboxylic acids is 1. The molecule has 0 saturated heterocycles. The highest BCUT2D eigenvalue weighted by molar-refractivity contribution is 7.13. The smallest absolute Gasteiger partial charge is 0.263 e. The zero-order chi connectivity index (χ0) is 14.5. The lowest BCUT2D eigenvalue weighted by molar-refractivity contribution is 0.0954. The molecule has 2 rings (SSSR count). The minimum absolute atomic E-state index is 0.0811. The molecule has 0 aromatic carbocycles. The third-order valence-corrected chi connectivity index (χ3v) is 3.66. The van der Waals surface area contributed by atoms with Crippen LogP contribution in [0, 0.1) is 5.92 Å². The van der Waals surface area contributed by atoms with Gasteiger partial charge in [0.1, 0.15) is 16.3 Å². The molecule has 6 heteroatoms. The second-order valence-electron chi connectivity index (χ2n) is 4.87. The third-order valence-electron chi connectivity index (χ3n) is 2.64. The molecule has 2 heterocycles. The molecule has 0 fully saturated rings. The van der Waals surface area contributed by atoms with E-state index < -0.39 is 0 Å². The molecule has 1 amide bonds. The molecule has 106 valence electrons. The fourth-order valence-corrected chi connectivity index (χ4v) is 2.72. The summed E-state index contributed by atoms with van der Waals surface area (Å²) < 4.78 is 0. The van der Waals surface area contributed by atoms with Crippen LogP contribution in [0.3, 0.4) is 0 Å². The molecule has 2 N–H and O–H groups in total. The number of pyridine rings is 1. The Labute approximate surface area is 121 Å². The molecule has 2 aromatic heterocycles. The molecule has 0 bridgehead atoms. The lowest BCUT2D eigenvalue weighted by Crippen LogP contribution is -2.22. The molecule has 0 atom stereocenters. The molecular formula is C14H17N3O2S. The maximum absolute atomic E-state index is 12.0. The highest BCUT2D eigenvalue weighted by atomic mass is 32.1. The summed E-state index contributed by atoms with van der Waals surface area (Å²) in [6, 6.07) is 3.18. The van der Waals surface area contributed by atoms with Crippen LogP contribution in [0.15, 0.2) is 24.5 Å². The van der Waals surface area contributed by atoms with E-state index in [1.54, 1.807) is 24.5 Å². The van der Waals surface area contributed by atoms with E-state index >= 15 is 0 Å². The van der Waals surface area contributed by atoms with Gasteiger partial charge in [-0.05, 0) is 18.1 Å². The molecule has 0 aliphatic carbocycles. The van der Waals surface area contributed by atoms with Gasteiger partial charge in [-0.25, -0.2) is 4.98 Å². The number of thiazole rings is 1. The highest BCUT2D eigenvalue weighted by Gasteiger charge is 2.12. The number of hydrogen-bond donors (Lipinski definition) is 2. The number of rotatable bonds is 5. The van der Waals surface area contributed by atoms with Gasteiger partial charge in [0, 0.05) is 12.6 Å². The van der Waals surface area contributed by atoms with Crippen LogP contribution in [0.2, 0.25) is 0 Å². The summed E-state index contributed by atoms with van der Waals surface area (Å²) in [4.78, 5) is 20.8. The van der Waals surface area contributed by atoms with Crippen molar-refractivity contribution in [2.75, 3.05) is 0 Å². The Bertz CT molecular complexity index is 596. The molecule has 0 aliphatic rings. The molecule has 0 radical (unpaired) electrons. The number of aromatic nitrogens is 2. The van der Waals surface area contributed by atoms with Gasteiger partial charge in [-0.15, -0.1) is 11.3 Å². The summed E-state index contributed by atoms with van der Waals surface area (Å²) in [6.07, 6.45) is 4.05. The second kappa shape index (κ2) is 6.47. The van der Waals surface area contributed by atoms with Crippen molar-refractivity contribution >= 4 is 17.2 Å². The summed E-state index contributed by atoms with van der Waals surface area (Å²) in [5, 5.41) is 13.3. The Morgan fingerprint density at radius 3 is 2.95 bits per heavy atom. The quantitative estimate of drug-likeness (QED) is 0.887. The van der Waals surface area contributed by atoms with E-state index in [0.717, 1.165) is 11.4 Å². The zero-order valence-corrected chi connectivity index (χ0v) is 12.3. The van der Waals surface area contributed by atoms with Crippen LogP contribution >= 0.6 is 11.3 Å². The number of nitrogens with one attached hydrogen (secondary N) is 1. The van der Waals surface area contributed by atoms with E-state index in [-0.39, 0.29) is 18.2 Å². The second-order valence-corrected chi connectivity index (χ2v) is 5.98. The fourth-order valence-electron chi connectivity index (χ4n) is 1.68. The largest absolute Gasteiger partial charge is 0.506 e. The number of aromatic hydroxyl groups is 1. The Hall–Kier alpha value is -1.95. The summed E-state index contributed by atoms with van der Waals surface area (Å²) in [5.74, 6) is 0.405. The van der Waals surface area contributed by atoms with Crippen molar-refractivity contribution in [3.63, 3.8) is 0 Å². The first-order valence-electron chi connectivity index (χ1n) is 6.42. The molecule has 2 aromatic rings. The van der Waals surface area contributed by atoms with Gasteiger partial charge >= 0.3 is 0 Å². The van der Waals surface area contributed by atoms with Crippen LogP contribution in [-0.2, 0) is 13.0 Å². The van der Waals surface area contributed by atoms with Crippen molar-refractivity contribution in [1.82, 2.24) is 15.3 Å². The van der Waals surface area contributed by atoms with Crippen LogP contribution in [-0.4, -0.2) is 21.0 Å². The Morgan fingerprint density at radius 2 is 2.25 bits per heavy atom. The van der Waals surface area contributed by atoms with Gasteiger partial charge in [0.2, 0.25) is 0 Å². The van der Waals surface area contributed by atoms with Crippen LogP contribution in [0.4, 0.5) is 0 Å². The minimum atomic E-state index is -0.192. The van der Waals surface area contributed by atoms with Crippen molar-refractivity contribution < 1.29 is 9.90 Å². The molecule has 0 spiro atoms. The SMILES string of the molecule is CC(C)Cc1ncc(C(=O)NCc2ncccc2O)s1. The summed E-state index contributed by atoms with van der Waals surface area (Å²) in [7, 11) is 0. The van der Waals surface area contributed by atoms with Gasteiger partial charge in [-0.1, -0.05) is 13.8 Å². The van der Waals surface area contributed by atoms with E-state index in [0.29, 0.717) is 16.5 Å². The van der Waals surface area contributed by atoms with E-state index in [2.05, 4.69) is 29.1 Å². The van der Waals surface area contributed by atoms with Crippen LogP contribution in [0.5, 0.6) is 5.75 Å².